The molecule has 102 valence electrons. The van der Waals surface area contributed by atoms with Crippen LogP contribution >= 0.6 is 0 Å². The highest BCUT2D eigenvalue weighted by Crippen LogP contribution is 2.21. The van der Waals surface area contributed by atoms with Crippen LogP contribution in [-0.2, 0) is 11.3 Å². The summed E-state index contributed by atoms with van der Waals surface area (Å²) in [6.07, 6.45) is 9.12. The van der Waals surface area contributed by atoms with Crippen molar-refractivity contribution in [1.82, 2.24) is 9.55 Å². The van der Waals surface area contributed by atoms with Crippen LogP contribution in [0.25, 0.3) is 0 Å². The normalized spacial score (nSPS) is 16.6. The van der Waals surface area contributed by atoms with Gasteiger partial charge in [0, 0.05) is 31.6 Å². The Labute approximate surface area is 110 Å². The van der Waals surface area contributed by atoms with Crippen LogP contribution in [0.15, 0.2) is 12.4 Å². The predicted octanol–water partition coefficient (Wildman–Crippen LogP) is 2.91. The standard InChI is InChI=1S/C14H25N3O/c1-12(2)11-18-10-9-17-8-7-15-14(17)16-13-5-3-4-6-13/h7-8,12-13H,3-6,9-11H2,1-2H3,(H,15,16). The molecule has 0 aliphatic heterocycles. The summed E-state index contributed by atoms with van der Waals surface area (Å²) in [6, 6.07) is 0.614. The van der Waals surface area contributed by atoms with Crippen molar-refractivity contribution in [1.29, 1.82) is 0 Å². The number of nitrogens with one attached hydrogen (secondary N) is 1. The lowest BCUT2D eigenvalue weighted by molar-refractivity contribution is 0.103. The van der Waals surface area contributed by atoms with Crippen molar-refractivity contribution in [2.75, 3.05) is 18.5 Å². The fraction of sp³-hybridized carbons (Fsp3) is 0.786. The average Bonchev–Trinajstić information content (AvgIpc) is 2.97. The Balaban J connectivity index is 1.76. The zero-order valence-corrected chi connectivity index (χ0v) is 11.6. The molecular weight excluding hydrogens is 226 g/mol. The minimum Gasteiger partial charge on any atom is -0.379 e. The van der Waals surface area contributed by atoms with Crippen LogP contribution in [-0.4, -0.2) is 28.8 Å². The SMILES string of the molecule is CC(C)COCCn1ccnc1NC1CCCC1. The molecule has 1 fully saturated rings. The van der Waals surface area contributed by atoms with E-state index in [0.717, 1.165) is 25.7 Å². The van der Waals surface area contributed by atoms with Crippen LogP contribution in [0.1, 0.15) is 39.5 Å². The lowest BCUT2D eigenvalue weighted by Gasteiger charge is -2.15. The molecule has 0 spiro atoms. The van der Waals surface area contributed by atoms with E-state index in [2.05, 4.69) is 28.7 Å². The van der Waals surface area contributed by atoms with Gasteiger partial charge in [-0.3, -0.25) is 0 Å². The molecule has 1 aromatic rings. The van der Waals surface area contributed by atoms with Crippen LogP contribution in [0.5, 0.6) is 0 Å². The van der Waals surface area contributed by atoms with E-state index in [1.807, 2.05) is 12.4 Å². The molecule has 0 amide bonds. The van der Waals surface area contributed by atoms with Crippen LogP contribution in [0.2, 0.25) is 0 Å². The molecule has 0 radical (unpaired) electrons. The Bertz CT molecular complexity index is 343. The van der Waals surface area contributed by atoms with Crippen molar-refractivity contribution in [2.24, 2.45) is 5.92 Å². The van der Waals surface area contributed by atoms with Gasteiger partial charge in [-0.2, -0.15) is 0 Å². The lowest BCUT2D eigenvalue weighted by atomic mass is 10.2. The number of hydrogen-bond donors (Lipinski definition) is 1. The number of ether oxygens (including phenoxy) is 1. The number of rotatable bonds is 7. The van der Waals surface area contributed by atoms with E-state index in [9.17, 15) is 0 Å². The third-order valence-corrected chi connectivity index (χ3v) is 3.33. The van der Waals surface area contributed by atoms with Crippen LogP contribution < -0.4 is 5.32 Å². The number of hydrogen-bond acceptors (Lipinski definition) is 3. The minimum atomic E-state index is 0.601. The van der Waals surface area contributed by atoms with E-state index in [0.29, 0.717) is 12.0 Å². The number of anilines is 1. The first-order valence-electron chi connectivity index (χ1n) is 7.11. The highest BCUT2D eigenvalue weighted by Gasteiger charge is 2.16. The summed E-state index contributed by atoms with van der Waals surface area (Å²) in [5, 5.41) is 3.54. The molecule has 2 rings (SSSR count). The Morgan fingerprint density at radius 3 is 2.94 bits per heavy atom. The maximum absolute atomic E-state index is 5.62. The van der Waals surface area contributed by atoms with Crippen LogP contribution in [0.3, 0.4) is 0 Å². The first-order chi connectivity index (χ1) is 8.75. The number of imidazole rings is 1. The minimum absolute atomic E-state index is 0.601. The van der Waals surface area contributed by atoms with Crippen molar-refractivity contribution >= 4 is 5.95 Å². The quantitative estimate of drug-likeness (QED) is 0.757. The Kier molecular flexibility index (Phi) is 5.05. The van der Waals surface area contributed by atoms with Crippen molar-refractivity contribution in [2.45, 2.75) is 52.1 Å². The molecule has 1 N–H and O–H groups in total. The molecule has 4 heteroatoms. The Morgan fingerprint density at radius 1 is 1.44 bits per heavy atom. The van der Waals surface area contributed by atoms with Gasteiger partial charge in [-0.25, -0.2) is 4.98 Å². The molecule has 1 aliphatic carbocycles. The summed E-state index contributed by atoms with van der Waals surface area (Å²) >= 11 is 0. The van der Waals surface area contributed by atoms with Crippen LogP contribution in [0.4, 0.5) is 5.95 Å². The van der Waals surface area contributed by atoms with Crippen molar-refractivity contribution in [3.05, 3.63) is 12.4 Å². The second-order valence-corrected chi connectivity index (χ2v) is 5.54. The Hall–Kier alpha value is -1.03. The number of aromatic nitrogens is 2. The van der Waals surface area contributed by atoms with E-state index in [1.54, 1.807) is 0 Å². The molecule has 4 nitrogen and oxygen atoms in total. The molecule has 1 aromatic heterocycles. The van der Waals surface area contributed by atoms with Gasteiger partial charge >= 0.3 is 0 Å². The second-order valence-electron chi connectivity index (χ2n) is 5.54. The smallest absolute Gasteiger partial charge is 0.203 e. The van der Waals surface area contributed by atoms with Gasteiger partial charge in [0.05, 0.1) is 6.61 Å². The van der Waals surface area contributed by atoms with E-state index < -0.39 is 0 Å². The summed E-state index contributed by atoms with van der Waals surface area (Å²) in [5.74, 6) is 1.60. The molecule has 1 aliphatic rings. The second kappa shape index (κ2) is 6.78. The summed E-state index contributed by atoms with van der Waals surface area (Å²) in [6.45, 7) is 6.81. The van der Waals surface area contributed by atoms with Crippen molar-refractivity contribution in [3.63, 3.8) is 0 Å². The highest BCUT2D eigenvalue weighted by molar-refractivity contribution is 5.27. The maximum Gasteiger partial charge on any atom is 0.203 e. The molecular formula is C14H25N3O. The molecule has 0 aromatic carbocycles. The molecule has 1 saturated carbocycles. The van der Waals surface area contributed by atoms with E-state index >= 15 is 0 Å². The van der Waals surface area contributed by atoms with Gasteiger partial charge in [0.1, 0.15) is 0 Å². The van der Waals surface area contributed by atoms with E-state index in [1.165, 1.54) is 25.7 Å². The summed E-state index contributed by atoms with van der Waals surface area (Å²) in [4.78, 5) is 4.39. The van der Waals surface area contributed by atoms with Gasteiger partial charge in [0.15, 0.2) is 0 Å². The van der Waals surface area contributed by atoms with E-state index in [4.69, 9.17) is 4.74 Å². The van der Waals surface area contributed by atoms with Crippen molar-refractivity contribution < 1.29 is 4.74 Å². The van der Waals surface area contributed by atoms with Crippen LogP contribution in [0, 0.1) is 5.92 Å². The molecule has 0 atom stereocenters. The predicted molar refractivity (Wildman–Crippen MR) is 73.8 cm³/mol. The van der Waals surface area contributed by atoms with Gasteiger partial charge in [0.2, 0.25) is 5.95 Å². The van der Waals surface area contributed by atoms with Gasteiger partial charge in [-0.05, 0) is 18.8 Å². The monoisotopic (exact) mass is 251 g/mol. The largest absolute Gasteiger partial charge is 0.379 e. The average molecular weight is 251 g/mol. The molecule has 0 bridgehead atoms. The van der Waals surface area contributed by atoms with Gasteiger partial charge in [-0.1, -0.05) is 26.7 Å². The first kappa shape index (κ1) is 13.4. The lowest BCUT2D eigenvalue weighted by Crippen LogP contribution is -2.19. The zero-order valence-electron chi connectivity index (χ0n) is 11.6. The van der Waals surface area contributed by atoms with Gasteiger partial charge < -0.3 is 14.6 Å². The molecule has 18 heavy (non-hydrogen) atoms. The van der Waals surface area contributed by atoms with Crippen molar-refractivity contribution in [3.8, 4) is 0 Å². The van der Waals surface area contributed by atoms with Gasteiger partial charge in [-0.15, -0.1) is 0 Å². The van der Waals surface area contributed by atoms with Gasteiger partial charge in [0.25, 0.3) is 0 Å². The van der Waals surface area contributed by atoms with E-state index in [-0.39, 0.29) is 0 Å². The highest BCUT2D eigenvalue weighted by atomic mass is 16.5. The zero-order chi connectivity index (χ0) is 12.8. The molecule has 0 unspecified atom stereocenters. The number of nitrogens with zero attached hydrogens (tertiary/aromatic N) is 2. The fourth-order valence-electron chi connectivity index (χ4n) is 2.36. The Morgan fingerprint density at radius 2 is 2.22 bits per heavy atom. The first-order valence-corrected chi connectivity index (χ1v) is 7.11. The third-order valence-electron chi connectivity index (χ3n) is 3.33. The third kappa shape index (κ3) is 4.02. The fourth-order valence-corrected chi connectivity index (χ4v) is 2.36. The summed E-state index contributed by atoms with van der Waals surface area (Å²) in [7, 11) is 0. The molecule has 0 saturated heterocycles. The molecule has 1 heterocycles. The summed E-state index contributed by atoms with van der Waals surface area (Å²) < 4.78 is 7.77. The summed E-state index contributed by atoms with van der Waals surface area (Å²) in [5.41, 5.74) is 0. The topological polar surface area (TPSA) is 39.1 Å². The maximum atomic E-state index is 5.62.